The molecule has 0 spiro atoms. The number of halogens is 1. The predicted molar refractivity (Wildman–Crippen MR) is 105 cm³/mol. The summed E-state index contributed by atoms with van der Waals surface area (Å²) < 4.78 is 25.2. The minimum Gasteiger partial charge on any atom is -0.366 e. The zero-order valence-electron chi connectivity index (χ0n) is 14.7. The number of nitrogens with zero attached hydrogens (tertiary/aromatic N) is 1. The van der Waals surface area contributed by atoms with Crippen LogP contribution < -0.4 is 15.4 Å². The summed E-state index contributed by atoms with van der Waals surface area (Å²) >= 11 is 6.09. The van der Waals surface area contributed by atoms with Gasteiger partial charge in [0, 0.05) is 11.3 Å². The molecule has 2 aromatic carbocycles. The van der Waals surface area contributed by atoms with Crippen LogP contribution in [0.1, 0.15) is 27.6 Å². The van der Waals surface area contributed by atoms with Crippen molar-refractivity contribution in [3.63, 3.8) is 0 Å². The molecule has 0 saturated carbocycles. The number of sulfonamides is 1. The van der Waals surface area contributed by atoms with E-state index in [2.05, 4.69) is 5.32 Å². The first-order valence-electron chi connectivity index (χ1n) is 8.18. The molecule has 1 atom stereocenters. The third-order valence-electron chi connectivity index (χ3n) is 4.22. The van der Waals surface area contributed by atoms with Gasteiger partial charge in [0.1, 0.15) is 0 Å². The summed E-state index contributed by atoms with van der Waals surface area (Å²) in [6, 6.07) is 9.86. The number of hydrogen-bond acceptors (Lipinski definition) is 5. The molecule has 146 valence electrons. The Morgan fingerprint density at radius 1 is 1.18 bits per heavy atom. The largest absolute Gasteiger partial charge is 0.366 e. The molecular weight excluding hydrogens is 406 g/mol. The second-order valence-corrected chi connectivity index (χ2v) is 8.61. The number of anilines is 2. The Hall–Kier alpha value is -2.91. The van der Waals surface area contributed by atoms with E-state index in [1.165, 1.54) is 49.4 Å². The van der Waals surface area contributed by atoms with Gasteiger partial charge < -0.3 is 11.1 Å². The van der Waals surface area contributed by atoms with Crippen molar-refractivity contribution in [3.8, 4) is 0 Å². The van der Waals surface area contributed by atoms with Crippen molar-refractivity contribution in [1.29, 1.82) is 0 Å². The summed E-state index contributed by atoms with van der Waals surface area (Å²) in [4.78, 5) is 35.9. The summed E-state index contributed by atoms with van der Waals surface area (Å²) in [6.07, 6.45) is 0. The molecule has 0 radical (unpaired) electrons. The van der Waals surface area contributed by atoms with Gasteiger partial charge in [0.15, 0.2) is 0 Å². The fourth-order valence-electron chi connectivity index (χ4n) is 2.82. The van der Waals surface area contributed by atoms with Crippen LogP contribution in [0.5, 0.6) is 0 Å². The lowest BCUT2D eigenvalue weighted by atomic mass is 10.1. The number of primary amides is 1. The Morgan fingerprint density at radius 2 is 1.82 bits per heavy atom. The van der Waals surface area contributed by atoms with E-state index in [0.29, 0.717) is 9.99 Å². The summed E-state index contributed by atoms with van der Waals surface area (Å²) in [6.45, 7) is 1.53. The van der Waals surface area contributed by atoms with Gasteiger partial charge in [-0.05, 0) is 42.5 Å². The SMILES string of the molecule is CC1CS(=O)(=O)N(c2ccc(Cl)c(C(=O)Nc3ccc(C(N)=O)cc3)c2)C1=O. The van der Waals surface area contributed by atoms with Gasteiger partial charge in [0.25, 0.3) is 5.91 Å². The average Bonchev–Trinajstić information content (AvgIpc) is 2.83. The van der Waals surface area contributed by atoms with E-state index < -0.39 is 33.7 Å². The van der Waals surface area contributed by atoms with Crippen molar-refractivity contribution in [3.05, 3.63) is 58.6 Å². The monoisotopic (exact) mass is 421 g/mol. The van der Waals surface area contributed by atoms with Gasteiger partial charge in [0.05, 0.1) is 27.9 Å². The number of nitrogens with one attached hydrogen (secondary N) is 1. The molecule has 10 heteroatoms. The van der Waals surface area contributed by atoms with Gasteiger partial charge >= 0.3 is 0 Å². The van der Waals surface area contributed by atoms with E-state index in [0.717, 1.165) is 0 Å². The standard InChI is InChI=1S/C18H16ClN3O5S/c1-10-9-28(26,27)22(18(10)25)13-6-7-15(19)14(8-13)17(24)21-12-4-2-11(3-5-12)16(20)23/h2-8,10H,9H2,1H3,(H2,20,23)(H,21,24). The van der Waals surface area contributed by atoms with Gasteiger partial charge in [0.2, 0.25) is 21.8 Å². The zero-order chi connectivity index (χ0) is 20.6. The first-order valence-corrected chi connectivity index (χ1v) is 10.2. The Labute approximate surface area is 166 Å². The molecule has 0 aromatic heterocycles. The Morgan fingerprint density at radius 3 is 2.36 bits per heavy atom. The van der Waals surface area contributed by atoms with E-state index in [9.17, 15) is 22.8 Å². The normalized spacial score (nSPS) is 18.1. The summed E-state index contributed by atoms with van der Waals surface area (Å²) in [5, 5.41) is 2.69. The number of benzene rings is 2. The number of rotatable bonds is 4. The molecule has 3 N–H and O–H groups in total. The number of amides is 3. The number of hydrogen-bond donors (Lipinski definition) is 2. The highest BCUT2D eigenvalue weighted by Crippen LogP contribution is 2.31. The minimum atomic E-state index is -3.80. The number of carbonyl (C=O) groups is 3. The van der Waals surface area contributed by atoms with Crippen LogP contribution in [0.2, 0.25) is 5.02 Å². The third kappa shape index (κ3) is 3.71. The van der Waals surface area contributed by atoms with Crippen molar-refractivity contribution < 1.29 is 22.8 Å². The molecular formula is C18H16ClN3O5S. The molecule has 1 saturated heterocycles. The van der Waals surface area contributed by atoms with E-state index >= 15 is 0 Å². The highest BCUT2D eigenvalue weighted by molar-refractivity contribution is 7.94. The van der Waals surface area contributed by atoms with Crippen molar-refractivity contribution in [2.75, 3.05) is 15.4 Å². The fourth-order valence-corrected chi connectivity index (χ4v) is 4.83. The molecule has 1 unspecified atom stereocenters. The molecule has 28 heavy (non-hydrogen) atoms. The lowest BCUT2D eigenvalue weighted by Gasteiger charge is -2.17. The second-order valence-electron chi connectivity index (χ2n) is 6.34. The van der Waals surface area contributed by atoms with E-state index in [1.54, 1.807) is 0 Å². The zero-order valence-corrected chi connectivity index (χ0v) is 16.3. The summed E-state index contributed by atoms with van der Waals surface area (Å²) in [5.74, 6) is -2.71. The molecule has 1 fully saturated rings. The Kier molecular flexibility index (Phi) is 5.14. The highest BCUT2D eigenvalue weighted by atomic mass is 35.5. The molecule has 1 aliphatic rings. The lowest BCUT2D eigenvalue weighted by Crippen LogP contribution is -2.30. The maximum absolute atomic E-state index is 12.6. The Balaban J connectivity index is 1.90. The predicted octanol–water partition coefficient (Wildman–Crippen LogP) is 2.00. The second kappa shape index (κ2) is 7.25. The van der Waals surface area contributed by atoms with Crippen LogP contribution in [0.4, 0.5) is 11.4 Å². The molecule has 8 nitrogen and oxygen atoms in total. The van der Waals surface area contributed by atoms with Crippen LogP contribution in [-0.2, 0) is 14.8 Å². The third-order valence-corrected chi connectivity index (χ3v) is 6.41. The quantitative estimate of drug-likeness (QED) is 0.780. The van der Waals surface area contributed by atoms with Crippen LogP contribution in [0.3, 0.4) is 0 Å². The van der Waals surface area contributed by atoms with Crippen molar-refractivity contribution in [2.45, 2.75) is 6.92 Å². The summed E-state index contributed by atoms with van der Waals surface area (Å²) in [5.41, 5.74) is 5.89. The lowest BCUT2D eigenvalue weighted by molar-refractivity contribution is -0.119. The minimum absolute atomic E-state index is 0.000646. The number of nitrogens with two attached hydrogens (primary N) is 1. The van der Waals surface area contributed by atoms with E-state index in [1.807, 2.05) is 0 Å². The van der Waals surface area contributed by atoms with Crippen LogP contribution in [-0.4, -0.2) is 31.9 Å². The first-order chi connectivity index (χ1) is 13.1. The topological polar surface area (TPSA) is 127 Å². The first kappa shape index (κ1) is 19.8. The molecule has 0 bridgehead atoms. The maximum atomic E-state index is 12.6. The molecule has 1 aliphatic heterocycles. The highest BCUT2D eigenvalue weighted by Gasteiger charge is 2.42. The average molecular weight is 422 g/mol. The van der Waals surface area contributed by atoms with Crippen LogP contribution in [0.25, 0.3) is 0 Å². The fraction of sp³-hybridized carbons (Fsp3) is 0.167. The van der Waals surface area contributed by atoms with Crippen molar-refractivity contribution in [1.82, 2.24) is 0 Å². The van der Waals surface area contributed by atoms with Crippen LogP contribution >= 0.6 is 11.6 Å². The number of carbonyl (C=O) groups excluding carboxylic acids is 3. The van der Waals surface area contributed by atoms with Gasteiger partial charge in [-0.3, -0.25) is 14.4 Å². The molecule has 2 aromatic rings. The van der Waals surface area contributed by atoms with Crippen molar-refractivity contribution >= 4 is 50.7 Å². The molecule has 0 aliphatic carbocycles. The van der Waals surface area contributed by atoms with E-state index in [4.69, 9.17) is 17.3 Å². The van der Waals surface area contributed by atoms with Crippen LogP contribution in [0.15, 0.2) is 42.5 Å². The maximum Gasteiger partial charge on any atom is 0.257 e. The van der Waals surface area contributed by atoms with Gasteiger partial charge in [-0.15, -0.1) is 0 Å². The summed E-state index contributed by atoms with van der Waals surface area (Å²) in [7, 11) is -3.80. The molecule has 3 amide bonds. The smallest absolute Gasteiger partial charge is 0.257 e. The van der Waals surface area contributed by atoms with Gasteiger partial charge in [-0.2, -0.15) is 0 Å². The van der Waals surface area contributed by atoms with Crippen LogP contribution in [0, 0.1) is 5.92 Å². The Bertz CT molecular complexity index is 1080. The molecule has 1 heterocycles. The molecule has 3 rings (SSSR count). The van der Waals surface area contributed by atoms with E-state index in [-0.39, 0.29) is 27.6 Å². The van der Waals surface area contributed by atoms with Gasteiger partial charge in [-0.25, -0.2) is 12.7 Å². The van der Waals surface area contributed by atoms with Gasteiger partial charge in [-0.1, -0.05) is 18.5 Å². The van der Waals surface area contributed by atoms with Crippen molar-refractivity contribution in [2.24, 2.45) is 11.7 Å².